The van der Waals surface area contributed by atoms with E-state index in [2.05, 4.69) is 32.6 Å². The van der Waals surface area contributed by atoms with Crippen molar-refractivity contribution in [1.82, 2.24) is 0 Å². The molecule has 2 unspecified atom stereocenters. The summed E-state index contributed by atoms with van der Waals surface area (Å²) in [6.45, 7) is 9.07. The van der Waals surface area contributed by atoms with Crippen LogP contribution in [0.15, 0.2) is 35.5 Å². The maximum absolute atomic E-state index is 9.09. The molecule has 0 spiro atoms. The van der Waals surface area contributed by atoms with Crippen LogP contribution in [0.25, 0.3) is 0 Å². The van der Waals surface area contributed by atoms with E-state index in [-0.39, 0.29) is 6.61 Å². The smallest absolute Gasteiger partial charge is 0.0644 e. The van der Waals surface area contributed by atoms with Crippen LogP contribution in [-0.4, -0.2) is 11.7 Å². The van der Waals surface area contributed by atoms with Gasteiger partial charge in [0.25, 0.3) is 0 Å². The summed E-state index contributed by atoms with van der Waals surface area (Å²) in [5.74, 6) is 0.600. The minimum Gasteiger partial charge on any atom is -0.392 e. The number of hydrogen-bond acceptors (Lipinski definition) is 1. The van der Waals surface area contributed by atoms with Crippen LogP contribution in [0.3, 0.4) is 0 Å². The van der Waals surface area contributed by atoms with Gasteiger partial charge in [-0.15, -0.1) is 0 Å². The molecule has 1 N–H and O–H groups in total. The molecular weight excluding hydrogens is 196 g/mol. The molecule has 0 bridgehead atoms. The lowest BCUT2D eigenvalue weighted by molar-refractivity contribution is 0.314. The minimum atomic E-state index is 0.211. The van der Waals surface area contributed by atoms with E-state index < -0.39 is 0 Å². The van der Waals surface area contributed by atoms with Crippen molar-refractivity contribution in [2.24, 2.45) is 11.3 Å². The number of aliphatic hydroxyl groups excluding tert-OH is 1. The van der Waals surface area contributed by atoms with E-state index in [4.69, 9.17) is 5.11 Å². The Labute approximate surface area is 98.6 Å². The Morgan fingerprint density at radius 1 is 1.44 bits per heavy atom. The lowest BCUT2D eigenvalue weighted by Crippen LogP contribution is -2.23. The van der Waals surface area contributed by atoms with Crippen LogP contribution in [0.2, 0.25) is 0 Å². The average molecular weight is 218 g/mol. The first kappa shape index (κ1) is 11.7. The first-order chi connectivity index (χ1) is 7.58. The lowest BCUT2D eigenvalue weighted by Gasteiger charge is -2.34. The second-order valence-corrected chi connectivity index (χ2v) is 5.46. The zero-order valence-electron chi connectivity index (χ0n) is 10.4. The first-order valence-corrected chi connectivity index (χ1v) is 6.24. The Morgan fingerprint density at radius 2 is 2.19 bits per heavy atom. The second-order valence-electron chi connectivity index (χ2n) is 5.46. The van der Waals surface area contributed by atoms with Crippen molar-refractivity contribution in [3.63, 3.8) is 0 Å². The predicted octanol–water partition coefficient (Wildman–Crippen LogP) is 3.62. The summed E-state index contributed by atoms with van der Waals surface area (Å²) < 4.78 is 0. The van der Waals surface area contributed by atoms with Crippen molar-refractivity contribution in [2.45, 2.75) is 39.5 Å². The molecule has 0 heterocycles. The van der Waals surface area contributed by atoms with Crippen molar-refractivity contribution in [3.8, 4) is 0 Å². The Balaban J connectivity index is 2.15. The largest absolute Gasteiger partial charge is 0.392 e. The number of allylic oxidation sites excluding steroid dienone is 4. The molecule has 16 heavy (non-hydrogen) atoms. The highest BCUT2D eigenvalue weighted by atomic mass is 16.3. The van der Waals surface area contributed by atoms with Gasteiger partial charge >= 0.3 is 0 Å². The van der Waals surface area contributed by atoms with Crippen molar-refractivity contribution in [3.05, 3.63) is 35.5 Å². The normalized spacial score (nSPS) is 34.9. The predicted molar refractivity (Wildman–Crippen MR) is 68.1 cm³/mol. The Kier molecular flexibility index (Phi) is 3.07. The van der Waals surface area contributed by atoms with Crippen LogP contribution in [-0.2, 0) is 0 Å². The SMILES string of the molecule is C=C1CCC(C)(C2=CCC(CO)=CC2)C1C. The zero-order chi connectivity index (χ0) is 11.8. The van der Waals surface area contributed by atoms with E-state index in [0.717, 1.165) is 18.4 Å². The maximum atomic E-state index is 9.09. The third-order valence-electron chi connectivity index (χ3n) is 4.69. The summed E-state index contributed by atoms with van der Waals surface area (Å²) in [4.78, 5) is 0. The number of hydrogen-bond donors (Lipinski definition) is 1. The van der Waals surface area contributed by atoms with Gasteiger partial charge < -0.3 is 5.11 Å². The van der Waals surface area contributed by atoms with E-state index in [0.29, 0.717) is 11.3 Å². The van der Waals surface area contributed by atoms with Gasteiger partial charge in [-0.2, -0.15) is 0 Å². The third-order valence-corrected chi connectivity index (χ3v) is 4.69. The standard InChI is InChI=1S/C15H22O/c1-11-8-9-15(3,12(11)2)14-6-4-13(10-16)5-7-14/h4,7,12,16H,1,5-6,8-10H2,2-3H3. The summed E-state index contributed by atoms with van der Waals surface area (Å²) in [6.07, 6.45) is 8.90. The van der Waals surface area contributed by atoms with Crippen molar-refractivity contribution in [2.75, 3.05) is 6.61 Å². The fraction of sp³-hybridized carbons (Fsp3) is 0.600. The average Bonchev–Trinajstić information content (AvgIpc) is 2.59. The topological polar surface area (TPSA) is 20.2 Å². The van der Waals surface area contributed by atoms with Gasteiger partial charge in [-0.1, -0.05) is 43.7 Å². The monoisotopic (exact) mass is 218 g/mol. The van der Waals surface area contributed by atoms with E-state index in [1.165, 1.54) is 18.4 Å². The molecule has 0 amide bonds. The van der Waals surface area contributed by atoms with Crippen LogP contribution >= 0.6 is 0 Å². The molecule has 0 radical (unpaired) electrons. The molecule has 0 saturated heterocycles. The third kappa shape index (κ3) is 1.78. The Bertz CT molecular complexity index is 362. The highest BCUT2D eigenvalue weighted by Crippen LogP contribution is 2.52. The van der Waals surface area contributed by atoms with Crippen LogP contribution < -0.4 is 0 Å². The summed E-state index contributed by atoms with van der Waals surface area (Å²) in [7, 11) is 0. The van der Waals surface area contributed by atoms with Crippen molar-refractivity contribution >= 4 is 0 Å². The fourth-order valence-corrected chi connectivity index (χ4v) is 3.01. The molecule has 88 valence electrons. The van der Waals surface area contributed by atoms with Gasteiger partial charge in [0.15, 0.2) is 0 Å². The van der Waals surface area contributed by atoms with Crippen LogP contribution in [0, 0.1) is 11.3 Å². The Morgan fingerprint density at radius 3 is 2.62 bits per heavy atom. The molecule has 0 aliphatic heterocycles. The molecule has 0 aromatic rings. The summed E-state index contributed by atoms with van der Waals surface area (Å²) >= 11 is 0. The van der Waals surface area contributed by atoms with Crippen LogP contribution in [0.4, 0.5) is 0 Å². The van der Waals surface area contributed by atoms with Gasteiger partial charge in [-0.05, 0) is 42.6 Å². The van der Waals surface area contributed by atoms with Gasteiger partial charge in [0.05, 0.1) is 6.61 Å². The van der Waals surface area contributed by atoms with Crippen molar-refractivity contribution < 1.29 is 5.11 Å². The summed E-state index contributed by atoms with van der Waals surface area (Å²) in [5.41, 5.74) is 4.43. The van der Waals surface area contributed by atoms with Gasteiger partial charge in [0.2, 0.25) is 0 Å². The Hall–Kier alpha value is -0.820. The molecule has 2 atom stereocenters. The second kappa shape index (κ2) is 4.21. The summed E-state index contributed by atoms with van der Waals surface area (Å²) in [6, 6.07) is 0. The highest BCUT2D eigenvalue weighted by molar-refractivity contribution is 5.31. The van der Waals surface area contributed by atoms with E-state index >= 15 is 0 Å². The van der Waals surface area contributed by atoms with Gasteiger partial charge in [0, 0.05) is 0 Å². The van der Waals surface area contributed by atoms with Gasteiger partial charge in [-0.3, -0.25) is 0 Å². The number of rotatable bonds is 2. The highest BCUT2D eigenvalue weighted by Gasteiger charge is 2.40. The van der Waals surface area contributed by atoms with Gasteiger partial charge in [-0.25, -0.2) is 0 Å². The molecule has 1 heteroatoms. The van der Waals surface area contributed by atoms with Crippen LogP contribution in [0.5, 0.6) is 0 Å². The van der Waals surface area contributed by atoms with E-state index in [9.17, 15) is 0 Å². The van der Waals surface area contributed by atoms with Gasteiger partial charge in [0.1, 0.15) is 0 Å². The molecule has 0 aromatic heterocycles. The quantitative estimate of drug-likeness (QED) is 0.702. The first-order valence-electron chi connectivity index (χ1n) is 6.24. The minimum absolute atomic E-state index is 0.211. The fourth-order valence-electron chi connectivity index (χ4n) is 3.01. The zero-order valence-corrected chi connectivity index (χ0v) is 10.4. The molecule has 1 fully saturated rings. The number of aliphatic hydroxyl groups is 1. The molecule has 2 aliphatic carbocycles. The molecule has 2 rings (SSSR count). The van der Waals surface area contributed by atoms with E-state index in [1.54, 1.807) is 5.57 Å². The lowest BCUT2D eigenvalue weighted by atomic mass is 9.71. The molecular formula is C15H22O. The molecule has 1 saturated carbocycles. The molecule has 1 nitrogen and oxygen atoms in total. The maximum Gasteiger partial charge on any atom is 0.0644 e. The van der Waals surface area contributed by atoms with Crippen molar-refractivity contribution in [1.29, 1.82) is 0 Å². The summed E-state index contributed by atoms with van der Waals surface area (Å²) in [5, 5.41) is 9.09. The van der Waals surface area contributed by atoms with E-state index in [1.807, 2.05) is 0 Å². The van der Waals surface area contributed by atoms with Crippen LogP contribution in [0.1, 0.15) is 39.5 Å². The molecule has 0 aromatic carbocycles. The molecule has 2 aliphatic rings.